The smallest absolute Gasteiger partial charge is 0.349 e. The molecule has 0 aliphatic heterocycles. The maximum atomic E-state index is 11.6. The van der Waals surface area contributed by atoms with Gasteiger partial charge in [0.2, 0.25) is 0 Å². The number of benzene rings is 1. The van der Waals surface area contributed by atoms with Gasteiger partial charge in [-0.05, 0) is 24.6 Å². The van der Waals surface area contributed by atoms with Crippen molar-refractivity contribution in [2.75, 3.05) is 12.3 Å². The van der Waals surface area contributed by atoms with E-state index in [0.717, 1.165) is 5.56 Å². The lowest BCUT2D eigenvalue weighted by Gasteiger charge is -2.09. The standard InChI is InChI=1S/C14H15N3O3/c1-3-20-13(18)10-6-4-9(5-7-10)11-8-12(15)16-14(19)17(11)2/h4-8H,3H2,1-2H3,(H2,15,16,19). The fourth-order valence-electron chi connectivity index (χ4n) is 1.83. The maximum Gasteiger partial charge on any atom is 0.349 e. The predicted octanol–water partition coefficient (Wildman–Crippen LogP) is 1.21. The lowest BCUT2D eigenvalue weighted by atomic mass is 10.1. The molecule has 2 rings (SSSR count). The minimum atomic E-state index is -0.422. The molecule has 0 aliphatic rings. The Morgan fingerprint density at radius 3 is 2.60 bits per heavy atom. The predicted molar refractivity (Wildman–Crippen MR) is 75.3 cm³/mol. The molecule has 2 N–H and O–H groups in total. The lowest BCUT2D eigenvalue weighted by Crippen LogP contribution is -2.22. The molecule has 0 aliphatic carbocycles. The summed E-state index contributed by atoms with van der Waals surface area (Å²) in [6.07, 6.45) is 0. The monoisotopic (exact) mass is 273 g/mol. The summed E-state index contributed by atoms with van der Waals surface area (Å²) >= 11 is 0. The van der Waals surface area contributed by atoms with Crippen LogP contribution < -0.4 is 11.4 Å². The van der Waals surface area contributed by atoms with Crippen LogP contribution in [0, 0.1) is 0 Å². The number of hydrogen-bond acceptors (Lipinski definition) is 5. The van der Waals surface area contributed by atoms with Crippen LogP contribution in [0.1, 0.15) is 17.3 Å². The van der Waals surface area contributed by atoms with Gasteiger partial charge in [-0.25, -0.2) is 9.59 Å². The summed E-state index contributed by atoms with van der Waals surface area (Å²) in [5, 5.41) is 0. The molecular formula is C14H15N3O3. The van der Waals surface area contributed by atoms with E-state index in [0.29, 0.717) is 17.9 Å². The molecule has 0 radical (unpaired) electrons. The molecule has 0 bridgehead atoms. The van der Waals surface area contributed by atoms with E-state index in [9.17, 15) is 9.59 Å². The van der Waals surface area contributed by atoms with Crippen LogP contribution in [0.2, 0.25) is 0 Å². The number of anilines is 1. The van der Waals surface area contributed by atoms with Gasteiger partial charge in [-0.3, -0.25) is 4.57 Å². The van der Waals surface area contributed by atoms with E-state index in [4.69, 9.17) is 10.5 Å². The highest BCUT2D eigenvalue weighted by molar-refractivity contribution is 5.90. The van der Waals surface area contributed by atoms with Crippen molar-refractivity contribution in [3.8, 4) is 11.3 Å². The molecule has 0 saturated heterocycles. The molecule has 0 amide bonds. The zero-order valence-corrected chi connectivity index (χ0v) is 11.3. The van der Waals surface area contributed by atoms with Gasteiger partial charge in [0, 0.05) is 13.1 Å². The molecule has 20 heavy (non-hydrogen) atoms. The fraction of sp³-hybridized carbons (Fsp3) is 0.214. The van der Waals surface area contributed by atoms with Crippen molar-refractivity contribution in [1.29, 1.82) is 0 Å². The highest BCUT2D eigenvalue weighted by atomic mass is 16.5. The van der Waals surface area contributed by atoms with Gasteiger partial charge in [-0.1, -0.05) is 12.1 Å². The van der Waals surface area contributed by atoms with Crippen molar-refractivity contribution >= 4 is 11.8 Å². The number of rotatable bonds is 3. The molecule has 0 atom stereocenters. The Bertz CT molecular complexity index is 690. The zero-order chi connectivity index (χ0) is 14.7. The second kappa shape index (κ2) is 5.56. The van der Waals surface area contributed by atoms with Gasteiger partial charge >= 0.3 is 11.7 Å². The number of hydrogen-bond donors (Lipinski definition) is 1. The van der Waals surface area contributed by atoms with Crippen molar-refractivity contribution in [3.63, 3.8) is 0 Å². The molecule has 1 aromatic carbocycles. The summed E-state index contributed by atoms with van der Waals surface area (Å²) in [6, 6.07) is 8.38. The third kappa shape index (κ3) is 2.69. The summed E-state index contributed by atoms with van der Waals surface area (Å²) < 4.78 is 6.31. The quantitative estimate of drug-likeness (QED) is 0.849. The van der Waals surface area contributed by atoms with Crippen LogP contribution in [0.25, 0.3) is 11.3 Å². The average Bonchev–Trinajstić information content (AvgIpc) is 2.43. The number of carbonyl (C=O) groups is 1. The normalized spacial score (nSPS) is 10.3. The highest BCUT2D eigenvalue weighted by Crippen LogP contribution is 2.19. The van der Waals surface area contributed by atoms with Gasteiger partial charge in [0.05, 0.1) is 17.9 Å². The molecule has 0 unspecified atom stereocenters. The summed E-state index contributed by atoms with van der Waals surface area (Å²) in [5.41, 5.74) is 7.03. The van der Waals surface area contributed by atoms with E-state index in [1.807, 2.05) is 0 Å². The van der Waals surface area contributed by atoms with Gasteiger partial charge in [-0.2, -0.15) is 4.98 Å². The Balaban J connectivity index is 2.40. The number of ether oxygens (including phenoxy) is 1. The van der Waals surface area contributed by atoms with Crippen LogP contribution in [-0.4, -0.2) is 22.1 Å². The van der Waals surface area contributed by atoms with Gasteiger partial charge < -0.3 is 10.5 Å². The molecule has 0 saturated carbocycles. The Hall–Kier alpha value is -2.63. The Labute approximate surface area is 115 Å². The minimum absolute atomic E-state index is 0.164. The van der Waals surface area contributed by atoms with Crippen molar-refractivity contribution in [1.82, 2.24) is 9.55 Å². The highest BCUT2D eigenvalue weighted by Gasteiger charge is 2.09. The van der Waals surface area contributed by atoms with E-state index < -0.39 is 5.69 Å². The topological polar surface area (TPSA) is 87.2 Å². The minimum Gasteiger partial charge on any atom is -0.462 e. The van der Waals surface area contributed by atoms with Crippen LogP contribution >= 0.6 is 0 Å². The summed E-state index contributed by atoms with van der Waals surface area (Å²) in [6.45, 7) is 2.08. The molecular weight excluding hydrogens is 258 g/mol. The molecule has 0 fully saturated rings. The maximum absolute atomic E-state index is 11.6. The second-order valence-corrected chi connectivity index (χ2v) is 4.21. The van der Waals surface area contributed by atoms with E-state index in [1.54, 1.807) is 44.3 Å². The van der Waals surface area contributed by atoms with Crippen LogP contribution in [0.4, 0.5) is 5.82 Å². The summed E-state index contributed by atoms with van der Waals surface area (Å²) in [7, 11) is 1.61. The Kier molecular flexibility index (Phi) is 3.84. The van der Waals surface area contributed by atoms with Gasteiger partial charge in [0.1, 0.15) is 5.82 Å². The zero-order valence-electron chi connectivity index (χ0n) is 11.3. The number of nitrogens with zero attached hydrogens (tertiary/aromatic N) is 2. The number of carbonyl (C=O) groups excluding carboxylic acids is 1. The van der Waals surface area contributed by atoms with Crippen LogP contribution in [-0.2, 0) is 11.8 Å². The molecule has 6 heteroatoms. The summed E-state index contributed by atoms with van der Waals surface area (Å²) in [4.78, 5) is 26.8. The third-order valence-electron chi connectivity index (χ3n) is 2.85. The molecule has 2 aromatic rings. The Morgan fingerprint density at radius 1 is 1.35 bits per heavy atom. The number of esters is 1. The first kappa shape index (κ1) is 13.8. The van der Waals surface area contributed by atoms with Crippen LogP contribution in [0.5, 0.6) is 0 Å². The van der Waals surface area contributed by atoms with Crippen LogP contribution in [0.15, 0.2) is 35.1 Å². The molecule has 6 nitrogen and oxygen atoms in total. The second-order valence-electron chi connectivity index (χ2n) is 4.21. The van der Waals surface area contributed by atoms with Crippen LogP contribution in [0.3, 0.4) is 0 Å². The van der Waals surface area contributed by atoms with Gasteiger partial charge in [0.25, 0.3) is 0 Å². The summed E-state index contributed by atoms with van der Waals surface area (Å²) in [5.74, 6) is -0.209. The van der Waals surface area contributed by atoms with Crippen molar-refractivity contribution in [2.24, 2.45) is 7.05 Å². The number of nitrogens with two attached hydrogens (primary N) is 1. The molecule has 104 valence electrons. The van der Waals surface area contributed by atoms with Gasteiger partial charge in [-0.15, -0.1) is 0 Å². The van der Waals surface area contributed by atoms with E-state index in [1.165, 1.54) is 4.57 Å². The van der Waals surface area contributed by atoms with E-state index in [2.05, 4.69) is 4.98 Å². The number of aromatic nitrogens is 2. The first-order chi connectivity index (χ1) is 9.52. The van der Waals surface area contributed by atoms with Crippen molar-refractivity contribution < 1.29 is 9.53 Å². The Morgan fingerprint density at radius 2 is 2.00 bits per heavy atom. The van der Waals surface area contributed by atoms with E-state index >= 15 is 0 Å². The lowest BCUT2D eigenvalue weighted by molar-refractivity contribution is 0.0526. The van der Waals surface area contributed by atoms with Crippen molar-refractivity contribution in [2.45, 2.75) is 6.92 Å². The first-order valence-electron chi connectivity index (χ1n) is 6.14. The fourth-order valence-corrected chi connectivity index (χ4v) is 1.83. The third-order valence-corrected chi connectivity index (χ3v) is 2.85. The molecule has 1 heterocycles. The number of nitrogen functional groups attached to an aromatic ring is 1. The molecule has 1 aromatic heterocycles. The molecule has 0 spiro atoms. The first-order valence-corrected chi connectivity index (χ1v) is 6.14. The largest absolute Gasteiger partial charge is 0.462 e. The van der Waals surface area contributed by atoms with E-state index in [-0.39, 0.29) is 11.8 Å². The SMILES string of the molecule is CCOC(=O)c1ccc(-c2cc(N)nc(=O)n2C)cc1. The van der Waals surface area contributed by atoms with Gasteiger partial charge in [0.15, 0.2) is 0 Å². The average molecular weight is 273 g/mol. The van der Waals surface area contributed by atoms with Crippen molar-refractivity contribution in [3.05, 3.63) is 46.4 Å².